The summed E-state index contributed by atoms with van der Waals surface area (Å²) in [6.45, 7) is 4.50. The SMILES string of the molecule is CCCCC/C=C\C/C=C\C/C=C\C/C=C\CCCCCC(=O)OC(CCCCCCCCC)CCCCCCCCCC(=O)O. The quantitative estimate of drug-likeness (QED) is 0.0424. The molecule has 0 radical (unpaired) electrons. The molecule has 0 aliphatic carbocycles. The normalized spacial score (nSPS) is 12.7. The number of ether oxygens (including phenoxy) is 1. The maximum absolute atomic E-state index is 12.6. The largest absolute Gasteiger partial charge is 0.481 e. The fourth-order valence-electron chi connectivity index (χ4n) is 5.64. The number of carbonyl (C=O) groups is 2. The van der Waals surface area contributed by atoms with E-state index in [0.29, 0.717) is 6.42 Å². The third-order valence-corrected chi connectivity index (χ3v) is 8.55. The Balaban J connectivity index is 4.04. The average Bonchev–Trinajstić information content (AvgIpc) is 3.04. The summed E-state index contributed by atoms with van der Waals surface area (Å²) in [4.78, 5) is 23.3. The number of unbranched alkanes of at least 4 members (excludes halogenated alkanes) is 18. The molecular formula is C42H74O4. The van der Waals surface area contributed by atoms with Crippen LogP contribution in [0.15, 0.2) is 48.6 Å². The van der Waals surface area contributed by atoms with E-state index in [9.17, 15) is 9.59 Å². The molecule has 0 aliphatic heterocycles. The van der Waals surface area contributed by atoms with Crippen LogP contribution < -0.4 is 0 Å². The summed E-state index contributed by atoms with van der Waals surface area (Å²) in [7, 11) is 0. The molecule has 0 aromatic rings. The van der Waals surface area contributed by atoms with E-state index < -0.39 is 5.97 Å². The number of hydrogen-bond acceptors (Lipinski definition) is 3. The van der Waals surface area contributed by atoms with Crippen LogP contribution in [0.3, 0.4) is 0 Å². The van der Waals surface area contributed by atoms with Crippen molar-refractivity contribution < 1.29 is 19.4 Å². The lowest BCUT2D eigenvalue weighted by atomic mass is 10.0. The van der Waals surface area contributed by atoms with Gasteiger partial charge in [-0.05, 0) is 83.5 Å². The Bertz CT molecular complexity index is 779. The van der Waals surface area contributed by atoms with Crippen LogP contribution in [0.2, 0.25) is 0 Å². The molecule has 0 aliphatic rings. The molecule has 1 unspecified atom stereocenters. The van der Waals surface area contributed by atoms with E-state index in [-0.39, 0.29) is 18.5 Å². The highest BCUT2D eigenvalue weighted by molar-refractivity contribution is 5.69. The smallest absolute Gasteiger partial charge is 0.306 e. The van der Waals surface area contributed by atoms with E-state index in [1.807, 2.05) is 0 Å². The van der Waals surface area contributed by atoms with Crippen LogP contribution in [0.1, 0.15) is 200 Å². The molecule has 0 saturated heterocycles. The Hall–Kier alpha value is -2.10. The fraction of sp³-hybridized carbons (Fsp3) is 0.762. The van der Waals surface area contributed by atoms with Gasteiger partial charge in [-0.2, -0.15) is 0 Å². The Labute approximate surface area is 285 Å². The topological polar surface area (TPSA) is 63.6 Å². The van der Waals surface area contributed by atoms with Gasteiger partial charge in [0.05, 0.1) is 0 Å². The predicted octanol–water partition coefficient (Wildman–Crippen LogP) is 13.6. The summed E-state index contributed by atoms with van der Waals surface area (Å²) in [5, 5.41) is 8.75. The van der Waals surface area contributed by atoms with E-state index >= 15 is 0 Å². The van der Waals surface area contributed by atoms with Crippen molar-refractivity contribution in [1.82, 2.24) is 0 Å². The molecule has 4 heteroatoms. The van der Waals surface area contributed by atoms with E-state index in [1.54, 1.807) is 0 Å². The molecule has 0 heterocycles. The lowest BCUT2D eigenvalue weighted by Crippen LogP contribution is -2.18. The van der Waals surface area contributed by atoms with Crippen LogP contribution in [0.5, 0.6) is 0 Å². The molecule has 0 rings (SSSR count). The minimum atomic E-state index is -0.691. The zero-order chi connectivity index (χ0) is 33.6. The van der Waals surface area contributed by atoms with E-state index in [0.717, 1.165) is 89.9 Å². The van der Waals surface area contributed by atoms with Crippen molar-refractivity contribution in [2.24, 2.45) is 0 Å². The first-order chi connectivity index (χ1) is 22.6. The summed E-state index contributed by atoms with van der Waals surface area (Å²) in [6, 6.07) is 0. The minimum Gasteiger partial charge on any atom is -0.481 e. The molecule has 0 aromatic carbocycles. The van der Waals surface area contributed by atoms with Gasteiger partial charge in [-0.1, -0.05) is 152 Å². The maximum atomic E-state index is 12.6. The van der Waals surface area contributed by atoms with Crippen LogP contribution in [-0.4, -0.2) is 23.1 Å². The lowest BCUT2D eigenvalue weighted by Gasteiger charge is -2.18. The van der Waals surface area contributed by atoms with Gasteiger partial charge in [-0.25, -0.2) is 0 Å². The number of carbonyl (C=O) groups excluding carboxylic acids is 1. The third-order valence-electron chi connectivity index (χ3n) is 8.55. The van der Waals surface area contributed by atoms with Gasteiger partial charge >= 0.3 is 11.9 Å². The van der Waals surface area contributed by atoms with Crippen molar-refractivity contribution in [3.8, 4) is 0 Å². The molecule has 0 fully saturated rings. The first-order valence-electron chi connectivity index (χ1n) is 19.6. The highest BCUT2D eigenvalue weighted by Gasteiger charge is 2.14. The first kappa shape index (κ1) is 43.9. The van der Waals surface area contributed by atoms with Crippen molar-refractivity contribution in [2.75, 3.05) is 0 Å². The predicted molar refractivity (Wildman–Crippen MR) is 199 cm³/mol. The molecule has 1 N–H and O–H groups in total. The number of esters is 1. The minimum absolute atomic E-state index is 0.0101. The summed E-state index contributed by atoms with van der Waals surface area (Å²) in [5.74, 6) is -0.701. The standard InChI is InChI=1S/C42H74O4/c1-3-5-7-9-11-12-13-14-15-16-17-18-19-20-21-22-27-31-35-39-42(45)46-40(36-32-28-24-10-8-6-4-2)37-33-29-25-23-26-30-34-38-41(43)44/h11-12,14-15,17-18,20-21,40H,3-10,13,16,19,22-39H2,1-2H3,(H,43,44)/b12-11-,15-14-,18-17-,21-20-. The Kier molecular flexibility index (Phi) is 35.7. The van der Waals surface area contributed by atoms with Crippen LogP contribution in [0.4, 0.5) is 0 Å². The number of hydrogen-bond donors (Lipinski definition) is 1. The van der Waals surface area contributed by atoms with E-state index in [2.05, 4.69) is 62.5 Å². The summed E-state index contributed by atoms with van der Waals surface area (Å²) >= 11 is 0. The van der Waals surface area contributed by atoms with Crippen LogP contribution >= 0.6 is 0 Å². The van der Waals surface area contributed by atoms with Crippen molar-refractivity contribution in [3.63, 3.8) is 0 Å². The Morgan fingerprint density at radius 3 is 1.35 bits per heavy atom. The Morgan fingerprint density at radius 2 is 0.848 bits per heavy atom. The fourth-order valence-corrected chi connectivity index (χ4v) is 5.64. The molecule has 1 atom stereocenters. The summed E-state index contributed by atoms with van der Waals surface area (Å²) in [6.07, 6.45) is 49.9. The summed E-state index contributed by atoms with van der Waals surface area (Å²) < 4.78 is 5.99. The molecule has 0 spiro atoms. The van der Waals surface area contributed by atoms with Gasteiger partial charge in [0.15, 0.2) is 0 Å². The summed E-state index contributed by atoms with van der Waals surface area (Å²) in [5.41, 5.74) is 0. The Morgan fingerprint density at radius 1 is 0.478 bits per heavy atom. The van der Waals surface area contributed by atoms with Gasteiger partial charge < -0.3 is 9.84 Å². The number of carboxylic acids is 1. The van der Waals surface area contributed by atoms with Gasteiger partial charge in [0.25, 0.3) is 0 Å². The van der Waals surface area contributed by atoms with E-state index in [4.69, 9.17) is 9.84 Å². The van der Waals surface area contributed by atoms with Gasteiger partial charge in [-0.3, -0.25) is 9.59 Å². The van der Waals surface area contributed by atoms with Crippen molar-refractivity contribution >= 4 is 11.9 Å². The van der Waals surface area contributed by atoms with Gasteiger partial charge in [0.2, 0.25) is 0 Å². The molecule has 46 heavy (non-hydrogen) atoms. The van der Waals surface area contributed by atoms with Crippen molar-refractivity contribution in [1.29, 1.82) is 0 Å². The number of aliphatic carboxylic acids is 1. The van der Waals surface area contributed by atoms with Gasteiger partial charge in [0, 0.05) is 12.8 Å². The first-order valence-corrected chi connectivity index (χ1v) is 19.6. The lowest BCUT2D eigenvalue weighted by molar-refractivity contribution is -0.150. The highest BCUT2D eigenvalue weighted by Crippen LogP contribution is 2.18. The van der Waals surface area contributed by atoms with Crippen LogP contribution in [0.25, 0.3) is 0 Å². The molecule has 4 nitrogen and oxygen atoms in total. The van der Waals surface area contributed by atoms with Crippen molar-refractivity contribution in [2.45, 2.75) is 206 Å². The number of allylic oxidation sites excluding steroid dienone is 8. The number of rotatable bonds is 35. The maximum Gasteiger partial charge on any atom is 0.306 e. The van der Waals surface area contributed by atoms with Gasteiger partial charge in [0.1, 0.15) is 6.10 Å². The molecule has 0 amide bonds. The average molecular weight is 643 g/mol. The second kappa shape index (κ2) is 37.4. The molecule has 0 bridgehead atoms. The zero-order valence-corrected chi connectivity index (χ0v) is 30.4. The van der Waals surface area contributed by atoms with E-state index in [1.165, 1.54) is 83.5 Å². The highest BCUT2D eigenvalue weighted by atomic mass is 16.5. The van der Waals surface area contributed by atoms with Crippen LogP contribution in [-0.2, 0) is 14.3 Å². The molecular weight excluding hydrogens is 568 g/mol. The second-order valence-corrected chi connectivity index (χ2v) is 13.1. The van der Waals surface area contributed by atoms with Gasteiger partial charge in [-0.15, -0.1) is 0 Å². The van der Waals surface area contributed by atoms with Crippen LogP contribution in [0, 0.1) is 0 Å². The third kappa shape index (κ3) is 36.4. The molecule has 0 saturated carbocycles. The molecule has 266 valence electrons. The monoisotopic (exact) mass is 643 g/mol. The second-order valence-electron chi connectivity index (χ2n) is 13.1. The molecule has 0 aromatic heterocycles. The van der Waals surface area contributed by atoms with Crippen molar-refractivity contribution in [3.05, 3.63) is 48.6 Å². The number of carboxylic acid groups (broad SMARTS) is 1. The zero-order valence-electron chi connectivity index (χ0n) is 30.4.